The Hall–Kier alpha value is -2.59. The van der Waals surface area contributed by atoms with Gasteiger partial charge in [-0.3, -0.25) is 9.48 Å². The van der Waals surface area contributed by atoms with Gasteiger partial charge in [-0.2, -0.15) is 5.10 Å². The summed E-state index contributed by atoms with van der Waals surface area (Å²) < 4.78 is 7.83. The molecule has 1 aliphatic rings. The van der Waals surface area contributed by atoms with E-state index in [2.05, 4.69) is 12.0 Å². The fourth-order valence-electron chi connectivity index (χ4n) is 4.08. The highest BCUT2D eigenvalue weighted by atomic mass is 35.5. The van der Waals surface area contributed by atoms with E-state index < -0.39 is 5.41 Å². The van der Waals surface area contributed by atoms with Crippen molar-refractivity contribution in [1.29, 1.82) is 0 Å². The number of aromatic nitrogens is 2. The van der Waals surface area contributed by atoms with Crippen LogP contribution in [0.2, 0.25) is 0 Å². The predicted octanol–water partition coefficient (Wildman–Crippen LogP) is 4.16. The van der Waals surface area contributed by atoms with Crippen LogP contribution in [-0.4, -0.2) is 21.9 Å². The first-order chi connectivity index (χ1) is 12.6. The van der Waals surface area contributed by atoms with Gasteiger partial charge in [-0.05, 0) is 24.1 Å². The van der Waals surface area contributed by atoms with Crippen LogP contribution >= 0.6 is 12.4 Å². The number of nitrogens with zero attached hydrogens (tertiary/aromatic N) is 2. The molecular weight excluding hydrogens is 360 g/mol. The fourth-order valence-corrected chi connectivity index (χ4v) is 4.08. The minimum Gasteiger partial charge on any atom is -0.459 e. The average Bonchev–Trinajstić information content (AvgIpc) is 3.18. The van der Waals surface area contributed by atoms with Crippen LogP contribution in [-0.2, 0) is 21.5 Å². The van der Waals surface area contributed by atoms with Gasteiger partial charge in [0, 0.05) is 17.8 Å². The van der Waals surface area contributed by atoms with E-state index in [9.17, 15) is 4.79 Å². The molecule has 2 atom stereocenters. The minimum absolute atomic E-state index is 0. The molecule has 1 saturated heterocycles. The van der Waals surface area contributed by atoms with Crippen LogP contribution in [0.15, 0.2) is 72.9 Å². The number of carbonyl (C=O) groups excluding carboxylic acids is 1. The van der Waals surface area contributed by atoms with Gasteiger partial charge >= 0.3 is 5.97 Å². The van der Waals surface area contributed by atoms with Gasteiger partial charge in [-0.1, -0.05) is 67.6 Å². The lowest BCUT2D eigenvalue weighted by Crippen LogP contribution is -2.39. The van der Waals surface area contributed by atoms with E-state index in [0.29, 0.717) is 6.54 Å². The molecule has 0 N–H and O–H groups in total. The number of aryl methyl sites for hydroxylation is 1. The second-order valence-corrected chi connectivity index (χ2v) is 6.93. The first-order valence-electron chi connectivity index (χ1n) is 8.94. The number of hydrogen-bond acceptors (Lipinski definition) is 3. The van der Waals surface area contributed by atoms with E-state index in [1.165, 1.54) is 0 Å². The van der Waals surface area contributed by atoms with Crippen molar-refractivity contribution in [3.05, 3.63) is 89.7 Å². The summed E-state index contributed by atoms with van der Waals surface area (Å²) in [5.41, 5.74) is 2.21. The van der Waals surface area contributed by atoms with Crippen molar-refractivity contribution in [3.63, 3.8) is 0 Å². The summed E-state index contributed by atoms with van der Waals surface area (Å²) in [4.78, 5) is 13.3. The number of rotatable bonds is 4. The first kappa shape index (κ1) is 19.2. The maximum Gasteiger partial charge on any atom is 0.321 e. The number of carbonyl (C=O) groups is 1. The molecule has 0 bridgehead atoms. The van der Waals surface area contributed by atoms with Crippen molar-refractivity contribution in [3.8, 4) is 0 Å². The third-order valence-corrected chi connectivity index (χ3v) is 5.56. The fraction of sp³-hybridized carbons (Fsp3) is 0.273. The molecule has 5 heteroatoms. The summed E-state index contributed by atoms with van der Waals surface area (Å²) in [5, 5.41) is 4.36. The van der Waals surface area contributed by atoms with Crippen LogP contribution in [0.4, 0.5) is 0 Å². The van der Waals surface area contributed by atoms with Gasteiger partial charge in [-0.25, -0.2) is 0 Å². The minimum atomic E-state index is -0.797. The monoisotopic (exact) mass is 382 g/mol. The number of benzene rings is 2. The number of hydrogen-bond donors (Lipinski definition) is 0. The summed E-state index contributed by atoms with van der Waals surface area (Å²) in [6, 6.07) is 21.9. The number of halogens is 1. The smallest absolute Gasteiger partial charge is 0.321 e. The molecule has 3 aromatic rings. The van der Waals surface area contributed by atoms with Gasteiger partial charge < -0.3 is 4.74 Å². The normalized spacial score (nSPS) is 20.7. The van der Waals surface area contributed by atoms with E-state index in [4.69, 9.17) is 4.74 Å². The Bertz CT molecular complexity index is 869. The largest absolute Gasteiger partial charge is 0.459 e. The topological polar surface area (TPSA) is 44.1 Å². The summed E-state index contributed by atoms with van der Waals surface area (Å²) in [5.74, 6) is -0.208. The average molecular weight is 383 g/mol. The molecule has 1 aliphatic heterocycles. The number of ether oxygens (including phenoxy) is 1. The highest BCUT2D eigenvalue weighted by Crippen LogP contribution is 2.47. The molecule has 140 valence electrons. The summed E-state index contributed by atoms with van der Waals surface area (Å²) in [6.45, 7) is 4.68. The quantitative estimate of drug-likeness (QED) is 0.636. The first-order valence-corrected chi connectivity index (χ1v) is 8.94. The highest BCUT2D eigenvalue weighted by molar-refractivity contribution is 5.90. The Balaban J connectivity index is 0.00000210. The van der Waals surface area contributed by atoms with Gasteiger partial charge in [0.15, 0.2) is 0 Å². The Labute approximate surface area is 165 Å². The second kappa shape index (κ2) is 7.57. The molecular formula is C22H23ClN2O2. The molecule has 0 aliphatic carbocycles. The standard InChI is InChI=1S/C22H22N2O2.ClH/c1-16-13-14-23-24(16)15-20-17(2)22(21(25)26-20,18-9-5-3-6-10-18)19-11-7-4-8-12-19;/h3-14,17,20H,15H2,1-2H3;1H. The molecule has 1 fully saturated rings. The van der Waals surface area contributed by atoms with Crippen LogP contribution < -0.4 is 0 Å². The van der Waals surface area contributed by atoms with Crippen LogP contribution in [0.25, 0.3) is 0 Å². The molecule has 0 amide bonds. The predicted molar refractivity (Wildman–Crippen MR) is 107 cm³/mol. The molecule has 4 rings (SSSR count). The van der Waals surface area contributed by atoms with Gasteiger partial charge in [0.1, 0.15) is 11.5 Å². The van der Waals surface area contributed by atoms with Gasteiger partial charge in [0.2, 0.25) is 0 Å². The van der Waals surface area contributed by atoms with Crippen LogP contribution in [0.5, 0.6) is 0 Å². The molecule has 2 aromatic carbocycles. The van der Waals surface area contributed by atoms with Gasteiger partial charge in [-0.15, -0.1) is 12.4 Å². The van der Waals surface area contributed by atoms with E-state index in [0.717, 1.165) is 16.8 Å². The third-order valence-electron chi connectivity index (χ3n) is 5.56. The zero-order valence-electron chi connectivity index (χ0n) is 15.4. The summed E-state index contributed by atoms with van der Waals surface area (Å²) in [6.07, 6.45) is 1.54. The molecule has 4 nitrogen and oxygen atoms in total. The Morgan fingerprint density at radius 2 is 1.56 bits per heavy atom. The van der Waals surface area contributed by atoms with Crippen molar-refractivity contribution in [2.45, 2.75) is 31.9 Å². The van der Waals surface area contributed by atoms with Crippen LogP contribution in [0.3, 0.4) is 0 Å². The second-order valence-electron chi connectivity index (χ2n) is 6.93. The third kappa shape index (κ3) is 3.04. The van der Waals surface area contributed by atoms with Gasteiger partial charge in [0.05, 0.1) is 6.54 Å². The van der Waals surface area contributed by atoms with E-state index >= 15 is 0 Å². The van der Waals surface area contributed by atoms with Crippen molar-refractivity contribution < 1.29 is 9.53 Å². The number of cyclic esters (lactones) is 1. The maximum absolute atomic E-state index is 13.3. The van der Waals surface area contributed by atoms with E-state index in [1.807, 2.05) is 78.3 Å². The Morgan fingerprint density at radius 1 is 1.00 bits per heavy atom. The van der Waals surface area contributed by atoms with Crippen molar-refractivity contribution in [1.82, 2.24) is 9.78 Å². The lowest BCUT2D eigenvalue weighted by molar-refractivity contribution is -0.145. The lowest BCUT2D eigenvalue weighted by atomic mass is 9.66. The Kier molecular flexibility index (Phi) is 5.38. The molecule has 0 spiro atoms. The van der Waals surface area contributed by atoms with Crippen LogP contribution in [0, 0.1) is 12.8 Å². The van der Waals surface area contributed by atoms with E-state index in [-0.39, 0.29) is 30.4 Å². The molecule has 0 saturated carbocycles. The lowest BCUT2D eigenvalue weighted by Gasteiger charge is -2.31. The molecule has 27 heavy (non-hydrogen) atoms. The van der Waals surface area contributed by atoms with Gasteiger partial charge in [0.25, 0.3) is 0 Å². The Morgan fingerprint density at radius 3 is 2.04 bits per heavy atom. The zero-order valence-corrected chi connectivity index (χ0v) is 16.2. The molecule has 0 radical (unpaired) electrons. The molecule has 1 aromatic heterocycles. The van der Waals surface area contributed by atoms with Crippen molar-refractivity contribution in [2.75, 3.05) is 0 Å². The summed E-state index contributed by atoms with van der Waals surface area (Å²) >= 11 is 0. The van der Waals surface area contributed by atoms with E-state index in [1.54, 1.807) is 6.20 Å². The van der Waals surface area contributed by atoms with Crippen molar-refractivity contribution in [2.24, 2.45) is 5.92 Å². The summed E-state index contributed by atoms with van der Waals surface area (Å²) in [7, 11) is 0. The highest BCUT2D eigenvalue weighted by Gasteiger charge is 2.57. The maximum atomic E-state index is 13.3. The number of esters is 1. The molecule has 2 heterocycles. The van der Waals surface area contributed by atoms with Crippen LogP contribution in [0.1, 0.15) is 23.7 Å². The SMILES string of the molecule is Cc1ccnn1CC1OC(=O)C(c2ccccc2)(c2ccccc2)C1C.Cl. The molecule has 2 unspecified atom stereocenters. The zero-order chi connectivity index (χ0) is 18.1. The van der Waals surface area contributed by atoms with Crippen molar-refractivity contribution >= 4 is 18.4 Å².